The molecule has 37 heavy (non-hydrogen) atoms. The van der Waals surface area contributed by atoms with E-state index >= 15 is 0 Å². The highest BCUT2D eigenvalue weighted by molar-refractivity contribution is 6.36. The van der Waals surface area contributed by atoms with Gasteiger partial charge in [-0.15, -0.1) is 0 Å². The molecule has 1 aliphatic carbocycles. The van der Waals surface area contributed by atoms with E-state index in [0.717, 1.165) is 6.07 Å². The zero-order chi connectivity index (χ0) is 26.3. The molecule has 2 aliphatic rings. The van der Waals surface area contributed by atoms with E-state index < -0.39 is 23.4 Å². The lowest BCUT2D eigenvalue weighted by molar-refractivity contribution is -0.128. The summed E-state index contributed by atoms with van der Waals surface area (Å²) in [7, 11) is 0. The van der Waals surface area contributed by atoms with Crippen molar-refractivity contribution in [1.82, 2.24) is 19.5 Å². The van der Waals surface area contributed by atoms with Crippen LogP contribution in [-0.2, 0) is 9.53 Å². The first kappa shape index (κ1) is 25.9. The van der Waals surface area contributed by atoms with E-state index in [1.54, 1.807) is 0 Å². The third kappa shape index (κ3) is 5.17. The van der Waals surface area contributed by atoms with Gasteiger partial charge in [-0.1, -0.05) is 30.1 Å². The fraction of sp³-hybridized carbons (Fsp3) is 0.500. The maximum atomic E-state index is 14.8. The number of hydrogen-bond donors (Lipinski definition) is 3. The number of imidazole rings is 1. The van der Waals surface area contributed by atoms with Crippen molar-refractivity contribution < 1.29 is 18.3 Å². The second kappa shape index (κ2) is 10.2. The van der Waals surface area contributed by atoms with Gasteiger partial charge >= 0.3 is 0 Å². The number of alkyl halides is 1. The molecule has 5 rings (SSSR count). The number of nitrogens with two attached hydrogens (primary N) is 1. The Morgan fingerprint density at radius 2 is 2.00 bits per heavy atom. The van der Waals surface area contributed by atoms with E-state index in [1.807, 2.05) is 11.5 Å². The van der Waals surface area contributed by atoms with Gasteiger partial charge in [-0.2, -0.15) is 4.98 Å². The van der Waals surface area contributed by atoms with Crippen LogP contribution in [0.25, 0.3) is 11.2 Å². The van der Waals surface area contributed by atoms with E-state index in [2.05, 4.69) is 25.6 Å². The number of halogens is 4. The average molecular weight is 554 g/mol. The Morgan fingerprint density at radius 1 is 1.24 bits per heavy atom. The van der Waals surface area contributed by atoms with Gasteiger partial charge in [0.05, 0.1) is 29.6 Å². The fourth-order valence-corrected chi connectivity index (χ4v) is 5.46. The normalized spacial score (nSPS) is 26.2. The first-order valence-electron chi connectivity index (χ1n) is 12.1. The molecule has 2 aromatic heterocycles. The number of aromatic nitrogens is 4. The molecule has 3 heterocycles. The Hall–Kier alpha value is -2.76. The van der Waals surface area contributed by atoms with E-state index in [-0.39, 0.29) is 40.2 Å². The van der Waals surface area contributed by atoms with Gasteiger partial charge in [0.2, 0.25) is 17.8 Å². The minimum absolute atomic E-state index is 0.0139. The number of fused-ring (bicyclic) bond motifs is 1. The largest absolute Gasteiger partial charge is 0.378 e. The number of nitrogens with one attached hydrogen (secondary N) is 2. The molecule has 3 aromatic rings. The molecule has 1 aliphatic heterocycles. The van der Waals surface area contributed by atoms with E-state index in [1.165, 1.54) is 12.3 Å². The third-order valence-electron chi connectivity index (χ3n) is 7.30. The molecule has 9 nitrogen and oxygen atoms in total. The van der Waals surface area contributed by atoms with Crippen LogP contribution in [0.15, 0.2) is 18.3 Å². The molecule has 1 amide bonds. The summed E-state index contributed by atoms with van der Waals surface area (Å²) in [5.74, 6) is -0.404. The summed E-state index contributed by atoms with van der Waals surface area (Å²) < 4.78 is 36.2. The zero-order valence-corrected chi connectivity index (χ0v) is 21.6. The van der Waals surface area contributed by atoms with Crippen LogP contribution in [0.3, 0.4) is 0 Å². The molecule has 2 atom stereocenters. The van der Waals surface area contributed by atoms with Crippen LogP contribution in [0.2, 0.25) is 10.0 Å². The zero-order valence-electron chi connectivity index (χ0n) is 20.1. The van der Waals surface area contributed by atoms with Crippen LogP contribution in [0.4, 0.5) is 26.4 Å². The van der Waals surface area contributed by atoms with Gasteiger partial charge in [-0.05, 0) is 44.2 Å². The predicted octanol–water partition coefficient (Wildman–Crippen LogP) is 5.16. The summed E-state index contributed by atoms with van der Waals surface area (Å²) in [4.78, 5) is 25.6. The van der Waals surface area contributed by atoms with Gasteiger partial charge in [-0.3, -0.25) is 9.36 Å². The molecule has 198 valence electrons. The molecule has 0 spiro atoms. The standard InChI is InChI=1S/C24H27Cl2F2N7O2/c1-24(21(29)36)5-2-13(3-6-24)35-20-18(10-30-22(34-20)31-17-4-7-37-11-16(17)28)32-23(35)33-19-14(26)8-12(25)9-15(19)27/h8-10,13,16-17H,2-7,11H2,1H3,(H2,29,36)(H,32,33)(H,30,31,34)/t13-,16-,17+,24+/m1/s1. The van der Waals surface area contributed by atoms with Gasteiger partial charge in [0.15, 0.2) is 5.65 Å². The molecule has 0 bridgehead atoms. The summed E-state index contributed by atoms with van der Waals surface area (Å²) in [6, 6.07) is 2.00. The van der Waals surface area contributed by atoms with Crippen LogP contribution in [0.5, 0.6) is 0 Å². The van der Waals surface area contributed by atoms with Gasteiger partial charge in [-0.25, -0.2) is 18.7 Å². The summed E-state index contributed by atoms with van der Waals surface area (Å²) in [6.45, 7) is 2.32. The van der Waals surface area contributed by atoms with Gasteiger partial charge in [0, 0.05) is 23.1 Å². The summed E-state index contributed by atoms with van der Waals surface area (Å²) in [6.07, 6.45) is 3.22. The first-order chi connectivity index (χ1) is 17.6. The molecular formula is C24H27Cl2F2N7O2. The second-order valence-electron chi connectivity index (χ2n) is 9.86. The van der Waals surface area contributed by atoms with Crippen LogP contribution in [0.1, 0.15) is 45.1 Å². The van der Waals surface area contributed by atoms with Crippen molar-refractivity contribution in [2.75, 3.05) is 23.8 Å². The lowest BCUT2D eigenvalue weighted by Gasteiger charge is -2.35. The molecule has 1 saturated carbocycles. The first-order valence-corrected chi connectivity index (χ1v) is 12.8. The van der Waals surface area contributed by atoms with Crippen molar-refractivity contribution in [2.24, 2.45) is 11.1 Å². The predicted molar refractivity (Wildman–Crippen MR) is 138 cm³/mol. The van der Waals surface area contributed by atoms with Crippen LogP contribution < -0.4 is 16.4 Å². The second-order valence-corrected chi connectivity index (χ2v) is 10.7. The van der Waals surface area contributed by atoms with Crippen molar-refractivity contribution in [3.05, 3.63) is 34.2 Å². The highest BCUT2D eigenvalue weighted by Crippen LogP contribution is 2.43. The lowest BCUT2D eigenvalue weighted by Crippen LogP contribution is -2.39. The Balaban J connectivity index is 1.54. The molecule has 1 saturated heterocycles. The number of amides is 1. The fourth-order valence-electron chi connectivity index (χ4n) is 4.94. The topological polar surface area (TPSA) is 120 Å². The maximum Gasteiger partial charge on any atom is 0.225 e. The minimum atomic E-state index is -1.19. The monoisotopic (exact) mass is 553 g/mol. The smallest absolute Gasteiger partial charge is 0.225 e. The minimum Gasteiger partial charge on any atom is -0.378 e. The maximum absolute atomic E-state index is 14.8. The number of carbonyl (C=O) groups is 1. The lowest BCUT2D eigenvalue weighted by atomic mass is 9.73. The molecule has 0 radical (unpaired) electrons. The Kier molecular flexibility index (Phi) is 7.12. The highest BCUT2D eigenvalue weighted by Gasteiger charge is 2.38. The van der Waals surface area contributed by atoms with Gasteiger partial charge in [0.25, 0.3) is 0 Å². The number of ether oxygens (including phenoxy) is 1. The van der Waals surface area contributed by atoms with Gasteiger partial charge < -0.3 is 21.1 Å². The van der Waals surface area contributed by atoms with Crippen LogP contribution in [0, 0.1) is 11.2 Å². The third-order valence-corrected chi connectivity index (χ3v) is 7.81. The SMILES string of the molecule is C[C@]1(C(N)=O)CC[C@@H](n2c(Nc3c(F)cc(Cl)cc3Cl)nc3cnc(N[C@H]4CCOC[C@H]4F)nc32)CC1. The Morgan fingerprint density at radius 3 is 2.68 bits per heavy atom. The van der Waals surface area contributed by atoms with E-state index in [9.17, 15) is 13.6 Å². The van der Waals surface area contributed by atoms with Crippen LogP contribution >= 0.6 is 23.2 Å². The average Bonchev–Trinajstić information content (AvgIpc) is 3.20. The number of carbonyl (C=O) groups excluding carboxylic acids is 1. The highest BCUT2D eigenvalue weighted by atomic mass is 35.5. The van der Waals surface area contributed by atoms with Gasteiger partial charge in [0.1, 0.15) is 17.5 Å². The van der Waals surface area contributed by atoms with E-state index in [4.69, 9.17) is 33.7 Å². The van der Waals surface area contributed by atoms with Crippen molar-refractivity contribution in [1.29, 1.82) is 0 Å². The molecule has 2 fully saturated rings. The van der Waals surface area contributed by atoms with Crippen LogP contribution in [-0.4, -0.2) is 50.9 Å². The van der Waals surface area contributed by atoms with Crippen molar-refractivity contribution in [2.45, 2.75) is 57.3 Å². The van der Waals surface area contributed by atoms with E-state index in [0.29, 0.717) is 55.8 Å². The quantitative estimate of drug-likeness (QED) is 0.385. The van der Waals surface area contributed by atoms with Crippen molar-refractivity contribution in [3.8, 4) is 0 Å². The Labute approximate surface area is 222 Å². The number of rotatable bonds is 6. The number of hydrogen-bond acceptors (Lipinski definition) is 7. The number of anilines is 3. The molecular weight excluding hydrogens is 527 g/mol. The Bertz CT molecular complexity index is 1310. The molecule has 0 unspecified atom stereocenters. The summed E-state index contributed by atoms with van der Waals surface area (Å²) >= 11 is 12.2. The number of benzene rings is 1. The number of primary amides is 1. The molecule has 4 N–H and O–H groups in total. The van der Waals surface area contributed by atoms with Crippen molar-refractivity contribution >= 4 is 57.9 Å². The molecule has 13 heteroatoms. The summed E-state index contributed by atoms with van der Waals surface area (Å²) in [5.41, 5.74) is 6.02. The summed E-state index contributed by atoms with van der Waals surface area (Å²) in [5, 5.41) is 6.33. The number of nitrogens with zero attached hydrogens (tertiary/aromatic N) is 4. The molecule has 1 aromatic carbocycles. The van der Waals surface area contributed by atoms with Crippen molar-refractivity contribution in [3.63, 3.8) is 0 Å².